The van der Waals surface area contributed by atoms with Crippen LogP contribution in [0.4, 0.5) is 4.39 Å². The van der Waals surface area contributed by atoms with E-state index in [1.807, 2.05) is 12.1 Å². The third-order valence-corrected chi connectivity index (χ3v) is 3.42. The van der Waals surface area contributed by atoms with Crippen LogP contribution in [-0.4, -0.2) is 10.8 Å². The van der Waals surface area contributed by atoms with Crippen molar-refractivity contribution in [1.82, 2.24) is 4.98 Å². The lowest BCUT2D eigenvalue weighted by atomic mass is 10.2. The van der Waals surface area contributed by atoms with E-state index in [1.54, 1.807) is 30.1 Å². The summed E-state index contributed by atoms with van der Waals surface area (Å²) in [5.74, 6) is 0.365. The van der Waals surface area contributed by atoms with Crippen molar-refractivity contribution in [2.24, 2.45) is 5.73 Å². The summed E-state index contributed by atoms with van der Waals surface area (Å²) in [6.45, 7) is 0. The van der Waals surface area contributed by atoms with Gasteiger partial charge in [0.2, 0.25) is 0 Å². The second kappa shape index (κ2) is 5.64. The topological polar surface area (TPSA) is 62.8 Å². The van der Waals surface area contributed by atoms with Gasteiger partial charge in [0.1, 0.15) is 17.3 Å². The summed E-state index contributed by atoms with van der Waals surface area (Å²) in [6.07, 6.45) is 1.61. The average Bonchev–Trinajstić information content (AvgIpc) is 2.38. The van der Waals surface area contributed by atoms with Crippen LogP contribution in [0.5, 0.6) is 0 Å². The zero-order chi connectivity index (χ0) is 13.0. The molecule has 92 valence electrons. The van der Waals surface area contributed by atoms with E-state index >= 15 is 0 Å². The summed E-state index contributed by atoms with van der Waals surface area (Å²) in [4.78, 5) is 5.05. The molecule has 2 rings (SSSR count). The van der Waals surface area contributed by atoms with E-state index in [-0.39, 0.29) is 11.7 Å². The molecule has 5 heteroatoms. The Morgan fingerprint density at radius 1 is 1.28 bits per heavy atom. The molecule has 0 spiro atoms. The summed E-state index contributed by atoms with van der Waals surface area (Å²) in [7, 11) is 0. The molecule has 3 nitrogen and oxygen atoms in total. The highest BCUT2D eigenvalue weighted by Crippen LogP contribution is 2.23. The molecular weight excluding hydrogens is 249 g/mol. The number of thioether (sulfide) groups is 1. The van der Waals surface area contributed by atoms with Crippen molar-refractivity contribution in [2.45, 2.75) is 10.6 Å². The predicted octanol–water partition coefficient (Wildman–Crippen LogP) is 2.80. The number of halogens is 1. The molecule has 0 atom stereocenters. The van der Waals surface area contributed by atoms with Gasteiger partial charge in [0, 0.05) is 16.8 Å². The molecule has 0 unspecified atom stereocenters. The minimum absolute atomic E-state index is 0.0368. The Bertz CT molecular complexity index is 554. The highest BCUT2D eigenvalue weighted by atomic mass is 32.2. The second-order valence-corrected chi connectivity index (χ2v) is 4.72. The first-order valence-corrected chi connectivity index (χ1v) is 6.32. The van der Waals surface area contributed by atoms with Crippen LogP contribution in [0.1, 0.15) is 11.3 Å². The average molecular weight is 261 g/mol. The molecule has 2 aromatic rings. The van der Waals surface area contributed by atoms with Crippen LogP contribution in [0, 0.1) is 11.2 Å². The van der Waals surface area contributed by atoms with Gasteiger partial charge in [0.05, 0.1) is 0 Å². The number of hydrogen-bond donors (Lipinski definition) is 2. The van der Waals surface area contributed by atoms with Gasteiger partial charge in [-0.25, -0.2) is 4.39 Å². The summed E-state index contributed by atoms with van der Waals surface area (Å²) in [5, 5.41) is 7.44. The van der Waals surface area contributed by atoms with Gasteiger partial charge in [0.15, 0.2) is 0 Å². The number of aromatic nitrogens is 1. The summed E-state index contributed by atoms with van der Waals surface area (Å²) in [5.41, 5.74) is 6.87. The van der Waals surface area contributed by atoms with Crippen LogP contribution < -0.4 is 5.73 Å². The largest absolute Gasteiger partial charge is 0.382 e. The second-order valence-electron chi connectivity index (χ2n) is 3.67. The van der Waals surface area contributed by atoms with Crippen LogP contribution >= 0.6 is 11.8 Å². The van der Waals surface area contributed by atoms with Crippen molar-refractivity contribution in [3.05, 3.63) is 59.7 Å². The SMILES string of the molecule is N=C(N)c1ncccc1CSc1ccc(F)cc1. The van der Waals surface area contributed by atoms with Crippen molar-refractivity contribution in [3.63, 3.8) is 0 Å². The van der Waals surface area contributed by atoms with E-state index in [4.69, 9.17) is 11.1 Å². The van der Waals surface area contributed by atoms with E-state index in [2.05, 4.69) is 4.98 Å². The van der Waals surface area contributed by atoms with Crippen molar-refractivity contribution in [3.8, 4) is 0 Å². The van der Waals surface area contributed by atoms with E-state index < -0.39 is 0 Å². The molecule has 18 heavy (non-hydrogen) atoms. The molecule has 1 aromatic heterocycles. The van der Waals surface area contributed by atoms with Crippen LogP contribution in [0.25, 0.3) is 0 Å². The van der Waals surface area contributed by atoms with Gasteiger partial charge in [-0.1, -0.05) is 6.07 Å². The van der Waals surface area contributed by atoms with E-state index in [0.717, 1.165) is 10.5 Å². The monoisotopic (exact) mass is 261 g/mol. The van der Waals surface area contributed by atoms with E-state index in [9.17, 15) is 4.39 Å². The Balaban J connectivity index is 2.10. The fourth-order valence-electron chi connectivity index (χ4n) is 1.49. The molecule has 0 amide bonds. The molecule has 0 aliphatic rings. The number of nitrogen functional groups attached to an aromatic ring is 1. The normalized spacial score (nSPS) is 10.3. The molecule has 0 radical (unpaired) electrons. The third-order valence-electron chi connectivity index (χ3n) is 2.35. The van der Waals surface area contributed by atoms with Gasteiger partial charge in [-0.3, -0.25) is 10.4 Å². The fraction of sp³-hybridized carbons (Fsp3) is 0.0769. The van der Waals surface area contributed by atoms with Gasteiger partial charge in [-0.15, -0.1) is 11.8 Å². The number of pyridine rings is 1. The Hall–Kier alpha value is -1.88. The van der Waals surface area contributed by atoms with Gasteiger partial charge in [-0.2, -0.15) is 0 Å². The number of nitrogens with two attached hydrogens (primary N) is 1. The lowest BCUT2D eigenvalue weighted by molar-refractivity contribution is 0.626. The lowest BCUT2D eigenvalue weighted by Gasteiger charge is -2.06. The number of hydrogen-bond acceptors (Lipinski definition) is 3. The predicted molar refractivity (Wildman–Crippen MR) is 71.2 cm³/mol. The molecule has 0 aliphatic heterocycles. The third kappa shape index (κ3) is 3.07. The Morgan fingerprint density at radius 3 is 2.67 bits per heavy atom. The Morgan fingerprint density at radius 2 is 2.00 bits per heavy atom. The minimum atomic E-state index is -0.245. The minimum Gasteiger partial charge on any atom is -0.382 e. The first-order valence-electron chi connectivity index (χ1n) is 5.33. The highest BCUT2D eigenvalue weighted by molar-refractivity contribution is 7.98. The number of benzene rings is 1. The van der Waals surface area contributed by atoms with Gasteiger partial charge >= 0.3 is 0 Å². The maximum absolute atomic E-state index is 12.8. The maximum Gasteiger partial charge on any atom is 0.142 e. The molecule has 0 fully saturated rings. The first-order chi connectivity index (χ1) is 8.66. The van der Waals surface area contributed by atoms with E-state index in [1.165, 1.54) is 12.1 Å². The molecule has 0 bridgehead atoms. The van der Waals surface area contributed by atoms with Crippen LogP contribution in [0.15, 0.2) is 47.5 Å². The van der Waals surface area contributed by atoms with Crippen LogP contribution in [0.3, 0.4) is 0 Å². The van der Waals surface area contributed by atoms with Gasteiger partial charge in [0.25, 0.3) is 0 Å². The molecule has 1 aromatic carbocycles. The van der Waals surface area contributed by atoms with Gasteiger partial charge in [-0.05, 0) is 35.9 Å². The van der Waals surface area contributed by atoms with Gasteiger partial charge < -0.3 is 5.73 Å². The Labute approximate surface area is 109 Å². The van der Waals surface area contributed by atoms with Crippen molar-refractivity contribution in [2.75, 3.05) is 0 Å². The number of rotatable bonds is 4. The standard InChI is InChI=1S/C13H12FN3S/c14-10-3-5-11(6-4-10)18-8-9-2-1-7-17-12(9)13(15)16/h1-7H,8H2,(H3,15,16). The zero-order valence-electron chi connectivity index (χ0n) is 9.56. The molecular formula is C13H12FN3S. The molecule has 0 aliphatic carbocycles. The number of amidine groups is 1. The zero-order valence-corrected chi connectivity index (χ0v) is 10.4. The highest BCUT2D eigenvalue weighted by Gasteiger charge is 2.06. The number of nitrogens with zero attached hydrogens (tertiary/aromatic N) is 1. The van der Waals surface area contributed by atoms with Crippen molar-refractivity contribution >= 4 is 17.6 Å². The number of nitrogens with one attached hydrogen (secondary N) is 1. The molecule has 1 heterocycles. The smallest absolute Gasteiger partial charge is 0.142 e. The lowest BCUT2D eigenvalue weighted by Crippen LogP contribution is -2.15. The Kier molecular flexibility index (Phi) is 3.94. The summed E-state index contributed by atoms with van der Waals surface area (Å²) < 4.78 is 12.8. The fourth-order valence-corrected chi connectivity index (χ4v) is 2.37. The molecule has 0 saturated heterocycles. The molecule has 3 N–H and O–H groups in total. The summed E-state index contributed by atoms with van der Waals surface area (Å²) >= 11 is 1.55. The van der Waals surface area contributed by atoms with Crippen LogP contribution in [-0.2, 0) is 5.75 Å². The van der Waals surface area contributed by atoms with Crippen molar-refractivity contribution in [1.29, 1.82) is 5.41 Å². The van der Waals surface area contributed by atoms with Crippen molar-refractivity contribution < 1.29 is 4.39 Å². The maximum atomic E-state index is 12.8. The molecule has 0 saturated carbocycles. The quantitative estimate of drug-likeness (QED) is 0.505. The van der Waals surface area contributed by atoms with E-state index in [0.29, 0.717) is 11.4 Å². The summed E-state index contributed by atoms with van der Waals surface area (Å²) in [6, 6.07) is 10.0. The first kappa shape index (κ1) is 12.6. The van der Waals surface area contributed by atoms with Crippen LogP contribution in [0.2, 0.25) is 0 Å².